The van der Waals surface area contributed by atoms with Crippen LogP contribution in [0.15, 0.2) is 65.3 Å². The van der Waals surface area contributed by atoms with E-state index in [1.165, 1.54) is 5.56 Å². The molecule has 0 N–H and O–H groups in total. The van der Waals surface area contributed by atoms with Crippen LogP contribution in [0, 0.1) is 12.3 Å². The lowest BCUT2D eigenvalue weighted by Gasteiger charge is -2.18. The fourth-order valence-corrected chi connectivity index (χ4v) is 4.12. The molecule has 3 heteroatoms. The van der Waals surface area contributed by atoms with E-state index in [9.17, 15) is 0 Å². The van der Waals surface area contributed by atoms with Gasteiger partial charge in [0.05, 0.1) is 5.69 Å². The number of aromatic nitrogens is 2. The Kier molecular flexibility index (Phi) is 3.95. The lowest BCUT2D eigenvalue weighted by atomic mass is 9.88. The van der Waals surface area contributed by atoms with Crippen LogP contribution in [0.1, 0.15) is 32.0 Å². The maximum absolute atomic E-state index is 6.48. The first-order chi connectivity index (χ1) is 13.9. The van der Waals surface area contributed by atoms with Crippen molar-refractivity contribution in [2.75, 3.05) is 0 Å². The summed E-state index contributed by atoms with van der Waals surface area (Å²) in [6.07, 6.45) is 4.83. The number of hydrogen-bond donors (Lipinski definition) is 0. The molecule has 3 aromatic heterocycles. The number of pyridine rings is 2. The first kappa shape index (κ1) is 17.9. The van der Waals surface area contributed by atoms with E-state index in [1.54, 1.807) is 0 Å². The molecule has 3 heterocycles. The molecule has 0 aliphatic carbocycles. The third kappa shape index (κ3) is 3.17. The number of benzene rings is 2. The molecule has 0 spiro atoms. The SMILES string of the molecule is Cc1cc2c(ccc3c4cccc(-c5cc(CC(C)(C)C)ccn5)c4oc23)cn1. The normalized spacial score (nSPS) is 12.3. The van der Waals surface area contributed by atoms with Gasteiger partial charge in [0.1, 0.15) is 11.2 Å². The van der Waals surface area contributed by atoms with Crippen LogP contribution >= 0.6 is 0 Å². The van der Waals surface area contributed by atoms with E-state index in [0.717, 1.165) is 56.1 Å². The van der Waals surface area contributed by atoms with Gasteiger partial charge in [-0.2, -0.15) is 0 Å². The van der Waals surface area contributed by atoms with Crippen molar-refractivity contribution in [1.29, 1.82) is 0 Å². The summed E-state index contributed by atoms with van der Waals surface area (Å²) >= 11 is 0. The highest BCUT2D eigenvalue weighted by Crippen LogP contribution is 2.38. The number of hydrogen-bond acceptors (Lipinski definition) is 3. The molecule has 0 bridgehead atoms. The molecule has 0 amide bonds. The van der Waals surface area contributed by atoms with Gasteiger partial charge in [0, 0.05) is 45.2 Å². The van der Waals surface area contributed by atoms with Crippen LogP contribution in [0.3, 0.4) is 0 Å². The Morgan fingerprint density at radius 1 is 0.862 bits per heavy atom. The largest absolute Gasteiger partial charge is 0.455 e. The highest BCUT2D eigenvalue weighted by molar-refractivity contribution is 6.17. The van der Waals surface area contributed by atoms with Gasteiger partial charge in [-0.25, -0.2) is 0 Å². The minimum Gasteiger partial charge on any atom is -0.455 e. The topological polar surface area (TPSA) is 38.9 Å². The molecule has 0 aliphatic heterocycles. The second-order valence-corrected chi connectivity index (χ2v) is 9.06. The molecule has 3 nitrogen and oxygen atoms in total. The van der Waals surface area contributed by atoms with E-state index < -0.39 is 0 Å². The zero-order chi connectivity index (χ0) is 20.2. The summed E-state index contributed by atoms with van der Waals surface area (Å²) in [5.74, 6) is 0. The summed E-state index contributed by atoms with van der Waals surface area (Å²) in [5.41, 5.74) is 6.32. The Labute approximate surface area is 170 Å². The maximum atomic E-state index is 6.48. The van der Waals surface area contributed by atoms with Crippen LogP contribution in [0.4, 0.5) is 0 Å². The van der Waals surface area contributed by atoms with Gasteiger partial charge in [0.25, 0.3) is 0 Å². The van der Waals surface area contributed by atoms with Crippen LogP contribution < -0.4 is 0 Å². The summed E-state index contributed by atoms with van der Waals surface area (Å²) in [4.78, 5) is 9.09. The highest BCUT2D eigenvalue weighted by Gasteiger charge is 2.16. The summed E-state index contributed by atoms with van der Waals surface area (Å²) in [6.45, 7) is 8.79. The van der Waals surface area contributed by atoms with Gasteiger partial charge in [-0.15, -0.1) is 0 Å². The zero-order valence-electron chi connectivity index (χ0n) is 17.3. The molecular formula is C26H24N2O. The molecule has 5 rings (SSSR count). The predicted molar refractivity (Wildman–Crippen MR) is 120 cm³/mol. The average Bonchev–Trinajstić information content (AvgIpc) is 3.06. The van der Waals surface area contributed by atoms with Crippen LogP contribution in [0.5, 0.6) is 0 Å². The van der Waals surface area contributed by atoms with Crippen LogP contribution in [-0.2, 0) is 6.42 Å². The Morgan fingerprint density at radius 2 is 1.69 bits per heavy atom. The molecule has 0 atom stereocenters. The highest BCUT2D eigenvalue weighted by atomic mass is 16.3. The van der Waals surface area contributed by atoms with E-state index in [2.05, 4.69) is 79.3 Å². The monoisotopic (exact) mass is 380 g/mol. The molecule has 0 saturated heterocycles. The van der Waals surface area contributed by atoms with Gasteiger partial charge < -0.3 is 4.42 Å². The molecule has 144 valence electrons. The third-order valence-electron chi connectivity index (χ3n) is 5.33. The molecule has 5 aromatic rings. The number of para-hydroxylation sites is 1. The van der Waals surface area contributed by atoms with Crippen molar-refractivity contribution >= 4 is 32.7 Å². The lowest BCUT2D eigenvalue weighted by Crippen LogP contribution is -2.09. The van der Waals surface area contributed by atoms with E-state index in [0.29, 0.717) is 0 Å². The Hall–Kier alpha value is -3.20. The number of furan rings is 1. The maximum Gasteiger partial charge on any atom is 0.144 e. The van der Waals surface area contributed by atoms with Gasteiger partial charge in [-0.1, -0.05) is 39.0 Å². The second kappa shape index (κ2) is 6.41. The van der Waals surface area contributed by atoms with Crippen molar-refractivity contribution < 1.29 is 4.42 Å². The average molecular weight is 380 g/mol. The minimum absolute atomic E-state index is 0.231. The predicted octanol–water partition coefficient (Wildman–Crippen LogP) is 7.09. The minimum atomic E-state index is 0.231. The molecular weight excluding hydrogens is 356 g/mol. The second-order valence-electron chi connectivity index (χ2n) is 9.06. The Morgan fingerprint density at radius 3 is 2.52 bits per heavy atom. The van der Waals surface area contributed by atoms with Crippen LogP contribution in [-0.4, -0.2) is 9.97 Å². The molecule has 0 fully saturated rings. The number of aryl methyl sites for hydroxylation is 1. The van der Waals surface area contributed by atoms with Crippen LogP contribution in [0.25, 0.3) is 44.0 Å². The Bertz CT molecular complexity index is 1370. The first-order valence-corrected chi connectivity index (χ1v) is 10.0. The van der Waals surface area contributed by atoms with E-state index in [1.807, 2.05) is 19.3 Å². The number of nitrogens with zero attached hydrogens (tertiary/aromatic N) is 2. The first-order valence-electron chi connectivity index (χ1n) is 10.0. The fraction of sp³-hybridized carbons (Fsp3) is 0.231. The molecule has 0 aliphatic rings. The quantitative estimate of drug-likeness (QED) is 0.328. The lowest BCUT2D eigenvalue weighted by molar-refractivity contribution is 0.411. The Balaban J connectivity index is 1.75. The summed E-state index contributed by atoms with van der Waals surface area (Å²) in [7, 11) is 0. The summed E-state index contributed by atoms with van der Waals surface area (Å²) < 4.78 is 6.48. The van der Waals surface area contributed by atoms with E-state index >= 15 is 0 Å². The zero-order valence-corrected chi connectivity index (χ0v) is 17.3. The van der Waals surface area contributed by atoms with Crippen molar-refractivity contribution in [2.45, 2.75) is 34.1 Å². The summed E-state index contributed by atoms with van der Waals surface area (Å²) in [6, 6.07) is 17.0. The van der Waals surface area contributed by atoms with Gasteiger partial charge in [-0.05, 0) is 54.7 Å². The molecule has 0 unspecified atom stereocenters. The van der Waals surface area contributed by atoms with Crippen molar-refractivity contribution in [3.63, 3.8) is 0 Å². The summed E-state index contributed by atoms with van der Waals surface area (Å²) in [5, 5.41) is 4.45. The van der Waals surface area contributed by atoms with Crippen molar-refractivity contribution in [1.82, 2.24) is 9.97 Å². The smallest absolute Gasteiger partial charge is 0.144 e. The number of rotatable bonds is 2. The van der Waals surface area contributed by atoms with Gasteiger partial charge in [-0.3, -0.25) is 9.97 Å². The number of fused-ring (bicyclic) bond motifs is 5. The van der Waals surface area contributed by atoms with Crippen molar-refractivity contribution in [3.8, 4) is 11.3 Å². The van der Waals surface area contributed by atoms with E-state index in [-0.39, 0.29) is 5.41 Å². The standard InChI is InChI=1S/C26H24N2O/c1-16-12-22-18(15-28-16)8-9-20-19-6-5-7-21(24(19)29-25(20)22)23-13-17(10-11-27-23)14-26(2,3)4/h5-13,15H,14H2,1-4H3. The van der Waals surface area contributed by atoms with E-state index in [4.69, 9.17) is 4.42 Å². The molecule has 2 aromatic carbocycles. The fourth-order valence-electron chi connectivity index (χ4n) is 4.12. The molecule has 0 saturated carbocycles. The van der Waals surface area contributed by atoms with Gasteiger partial charge in [0.2, 0.25) is 0 Å². The molecule has 0 radical (unpaired) electrons. The van der Waals surface area contributed by atoms with Crippen LogP contribution in [0.2, 0.25) is 0 Å². The van der Waals surface area contributed by atoms with Gasteiger partial charge >= 0.3 is 0 Å². The molecule has 29 heavy (non-hydrogen) atoms. The van der Waals surface area contributed by atoms with Crippen molar-refractivity contribution in [2.24, 2.45) is 5.41 Å². The van der Waals surface area contributed by atoms with Gasteiger partial charge in [0.15, 0.2) is 0 Å². The van der Waals surface area contributed by atoms with Crippen molar-refractivity contribution in [3.05, 3.63) is 72.2 Å². The third-order valence-corrected chi connectivity index (χ3v) is 5.33.